The van der Waals surface area contributed by atoms with Gasteiger partial charge in [0.25, 0.3) is 5.91 Å². The van der Waals surface area contributed by atoms with E-state index >= 15 is 0 Å². The zero-order valence-electron chi connectivity index (χ0n) is 13.9. The van der Waals surface area contributed by atoms with E-state index in [1.165, 1.54) is 6.92 Å². The van der Waals surface area contributed by atoms with Gasteiger partial charge in [-0.25, -0.2) is 0 Å². The Balaban J connectivity index is 1.61. The molecule has 0 spiro atoms. The quantitative estimate of drug-likeness (QED) is 0.625. The van der Waals surface area contributed by atoms with Crippen LogP contribution in [-0.4, -0.2) is 23.0 Å². The van der Waals surface area contributed by atoms with Gasteiger partial charge >= 0.3 is 5.97 Å². The monoisotopic (exact) mass is 390 g/mol. The molecule has 0 aliphatic carbocycles. The summed E-state index contributed by atoms with van der Waals surface area (Å²) in [4.78, 5) is 27.5. The van der Waals surface area contributed by atoms with Crippen molar-refractivity contribution in [1.82, 2.24) is 4.98 Å². The second kappa shape index (κ2) is 7.81. The predicted molar refractivity (Wildman–Crippen MR) is 103 cm³/mol. The Morgan fingerprint density at radius 1 is 1.15 bits per heavy atom. The first kappa shape index (κ1) is 18.3. The minimum atomic E-state index is -0.970. The topological polar surface area (TPSA) is 71.2 Å². The number of ether oxygens (including phenoxy) is 1. The lowest BCUT2D eigenvalue weighted by molar-refractivity contribution is -0.152. The van der Waals surface area contributed by atoms with Crippen LogP contribution in [0.15, 0.2) is 48.7 Å². The van der Waals surface area contributed by atoms with Gasteiger partial charge in [0.1, 0.15) is 0 Å². The van der Waals surface area contributed by atoms with E-state index in [0.717, 1.165) is 16.5 Å². The number of aromatic amines is 1. The minimum Gasteiger partial charge on any atom is -0.452 e. The maximum absolute atomic E-state index is 12.2. The van der Waals surface area contributed by atoms with E-state index < -0.39 is 18.0 Å². The second-order valence-corrected chi connectivity index (χ2v) is 6.54. The zero-order valence-corrected chi connectivity index (χ0v) is 15.4. The third-order valence-electron chi connectivity index (χ3n) is 3.90. The van der Waals surface area contributed by atoms with E-state index in [-0.39, 0.29) is 11.4 Å². The number of esters is 1. The number of carbonyl (C=O) groups is 2. The van der Waals surface area contributed by atoms with Gasteiger partial charge in [-0.2, -0.15) is 0 Å². The average Bonchev–Trinajstić information content (AvgIpc) is 3.02. The largest absolute Gasteiger partial charge is 0.452 e. The van der Waals surface area contributed by atoms with Gasteiger partial charge in [-0.3, -0.25) is 9.59 Å². The molecule has 1 unspecified atom stereocenters. The molecule has 26 heavy (non-hydrogen) atoms. The van der Waals surface area contributed by atoms with Crippen LogP contribution in [0.5, 0.6) is 0 Å². The zero-order chi connectivity index (χ0) is 18.7. The number of para-hydroxylation sites is 1. The van der Waals surface area contributed by atoms with Gasteiger partial charge in [-0.05, 0) is 30.7 Å². The molecule has 0 saturated heterocycles. The summed E-state index contributed by atoms with van der Waals surface area (Å²) in [5, 5.41) is 4.12. The molecule has 5 nitrogen and oxygen atoms in total. The molecular weight excluding hydrogens is 375 g/mol. The molecule has 1 aromatic heterocycles. The highest BCUT2D eigenvalue weighted by molar-refractivity contribution is 6.44. The Morgan fingerprint density at radius 3 is 2.73 bits per heavy atom. The van der Waals surface area contributed by atoms with E-state index in [0.29, 0.717) is 10.7 Å². The van der Waals surface area contributed by atoms with Crippen LogP contribution >= 0.6 is 23.2 Å². The van der Waals surface area contributed by atoms with Gasteiger partial charge < -0.3 is 15.0 Å². The summed E-state index contributed by atoms with van der Waals surface area (Å²) in [6.45, 7) is 1.50. The number of H-pyrrole nitrogens is 1. The average molecular weight is 391 g/mol. The number of amides is 1. The number of anilines is 1. The number of aromatic nitrogens is 1. The lowest BCUT2D eigenvalue weighted by Crippen LogP contribution is -2.30. The smallest absolute Gasteiger partial charge is 0.311 e. The van der Waals surface area contributed by atoms with Crippen molar-refractivity contribution in [3.05, 3.63) is 64.3 Å². The number of rotatable bonds is 5. The SMILES string of the molecule is CC(OC(=O)Cc1c[nH]c2ccccc12)C(=O)Nc1cccc(Cl)c1Cl. The summed E-state index contributed by atoms with van der Waals surface area (Å²) >= 11 is 12.0. The molecule has 134 valence electrons. The van der Waals surface area contributed by atoms with Gasteiger partial charge in [0.05, 0.1) is 22.2 Å². The van der Waals surface area contributed by atoms with Crippen LogP contribution in [0.3, 0.4) is 0 Å². The summed E-state index contributed by atoms with van der Waals surface area (Å²) in [7, 11) is 0. The van der Waals surface area contributed by atoms with Crippen molar-refractivity contribution in [2.24, 2.45) is 0 Å². The standard InChI is InChI=1S/C19H16Cl2N2O3/c1-11(19(25)23-16-8-4-6-14(20)18(16)21)26-17(24)9-12-10-22-15-7-3-2-5-13(12)15/h2-8,10-11,22H,9H2,1H3,(H,23,25). The fourth-order valence-corrected chi connectivity index (χ4v) is 2.91. The Labute approximate surface area is 160 Å². The van der Waals surface area contributed by atoms with Crippen molar-refractivity contribution >= 4 is 51.7 Å². The van der Waals surface area contributed by atoms with Crippen molar-refractivity contribution < 1.29 is 14.3 Å². The van der Waals surface area contributed by atoms with E-state index in [9.17, 15) is 9.59 Å². The Morgan fingerprint density at radius 2 is 1.92 bits per heavy atom. The van der Waals surface area contributed by atoms with Crippen LogP contribution in [0.4, 0.5) is 5.69 Å². The highest BCUT2D eigenvalue weighted by Gasteiger charge is 2.20. The van der Waals surface area contributed by atoms with E-state index in [1.54, 1.807) is 24.4 Å². The highest BCUT2D eigenvalue weighted by Crippen LogP contribution is 2.29. The number of nitrogens with one attached hydrogen (secondary N) is 2. The van der Waals surface area contributed by atoms with Gasteiger partial charge in [-0.15, -0.1) is 0 Å². The molecule has 7 heteroatoms. The van der Waals surface area contributed by atoms with Crippen LogP contribution in [0.1, 0.15) is 12.5 Å². The van der Waals surface area contributed by atoms with Crippen LogP contribution in [0.2, 0.25) is 10.0 Å². The molecular formula is C19H16Cl2N2O3. The molecule has 2 aromatic carbocycles. The molecule has 0 radical (unpaired) electrons. The Hall–Kier alpha value is -2.50. The molecule has 1 amide bonds. The van der Waals surface area contributed by atoms with Crippen molar-refractivity contribution in [3.8, 4) is 0 Å². The molecule has 0 bridgehead atoms. The van der Waals surface area contributed by atoms with Gasteiger partial charge in [0.15, 0.2) is 6.10 Å². The van der Waals surface area contributed by atoms with E-state index in [1.807, 2.05) is 24.3 Å². The maximum Gasteiger partial charge on any atom is 0.311 e. The molecule has 0 aliphatic rings. The molecule has 0 aliphatic heterocycles. The highest BCUT2D eigenvalue weighted by atomic mass is 35.5. The first-order chi connectivity index (χ1) is 12.5. The number of fused-ring (bicyclic) bond motifs is 1. The van der Waals surface area contributed by atoms with Crippen molar-refractivity contribution in [2.45, 2.75) is 19.4 Å². The summed E-state index contributed by atoms with van der Waals surface area (Å²) in [5.74, 6) is -0.976. The number of hydrogen-bond donors (Lipinski definition) is 2. The molecule has 1 atom stereocenters. The summed E-state index contributed by atoms with van der Waals surface area (Å²) in [6, 6.07) is 12.6. The summed E-state index contributed by atoms with van der Waals surface area (Å²) in [5.41, 5.74) is 2.12. The predicted octanol–water partition coefficient (Wildman–Crippen LogP) is 4.59. The van der Waals surface area contributed by atoms with E-state index in [4.69, 9.17) is 27.9 Å². The third-order valence-corrected chi connectivity index (χ3v) is 4.72. The Kier molecular flexibility index (Phi) is 5.49. The minimum absolute atomic E-state index is 0.0690. The first-order valence-corrected chi connectivity index (χ1v) is 8.70. The van der Waals surface area contributed by atoms with Crippen LogP contribution < -0.4 is 5.32 Å². The lowest BCUT2D eigenvalue weighted by atomic mass is 10.1. The normalized spacial score (nSPS) is 12.0. The third kappa shape index (κ3) is 4.00. The second-order valence-electron chi connectivity index (χ2n) is 5.76. The van der Waals surface area contributed by atoms with Crippen molar-refractivity contribution in [2.75, 3.05) is 5.32 Å². The fourth-order valence-electron chi connectivity index (χ4n) is 2.56. The molecule has 3 rings (SSSR count). The molecule has 0 fully saturated rings. The fraction of sp³-hybridized carbons (Fsp3) is 0.158. The molecule has 2 N–H and O–H groups in total. The van der Waals surface area contributed by atoms with Gasteiger partial charge in [0, 0.05) is 17.1 Å². The summed E-state index contributed by atoms with van der Waals surface area (Å²) in [6.07, 6.45) is 0.866. The van der Waals surface area contributed by atoms with Crippen molar-refractivity contribution in [1.29, 1.82) is 0 Å². The maximum atomic E-state index is 12.2. The van der Waals surface area contributed by atoms with Crippen molar-refractivity contribution in [3.63, 3.8) is 0 Å². The summed E-state index contributed by atoms with van der Waals surface area (Å²) < 4.78 is 5.24. The first-order valence-electron chi connectivity index (χ1n) is 7.95. The number of carbonyl (C=O) groups excluding carboxylic acids is 2. The van der Waals surface area contributed by atoms with Crippen LogP contribution in [0.25, 0.3) is 10.9 Å². The van der Waals surface area contributed by atoms with Gasteiger partial charge in [-0.1, -0.05) is 47.5 Å². The van der Waals surface area contributed by atoms with Crippen LogP contribution in [0, 0.1) is 0 Å². The number of hydrogen-bond acceptors (Lipinski definition) is 3. The van der Waals surface area contributed by atoms with E-state index in [2.05, 4.69) is 10.3 Å². The lowest BCUT2D eigenvalue weighted by Gasteiger charge is -2.14. The number of benzene rings is 2. The molecule has 1 heterocycles. The number of halogens is 2. The van der Waals surface area contributed by atoms with Crippen LogP contribution in [-0.2, 0) is 20.7 Å². The Bertz CT molecular complexity index is 968. The van der Waals surface area contributed by atoms with Gasteiger partial charge in [0.2, 0.25) is 0 Å². The molecule has 0 saturated carbocycles. The molecule has 3 aromatic rings.